The molecule has 0 spiro atoms. The van der Waals surface area contributed by atoms with Crippen LogP contribution < -0.4 is 15.4 Å². The third-order valence-corrected chi connectivity index (χ3v) is 7.25. The molecule has 4 atom stereocenters. The van der Waals surface area contributed by atoms with E-state index in [-0.39, 0.29) is 29.8 Å². The third-order valence-electron chi connectivity index (χ3n) is 4.36. The van der Waals surface area contributed by atoms with Crippen molar-refractivity contribution in [1.82, 2.24) is 25.0 Å². The number of nitrogens with one attached hydrogen (secondary N) is 3. The molecule has 0 bridgehead atoms. The summed E-state index contributed by atoms with van der Waals surface area (Å²) >= 11 is 0.929. The number of aliphatic hydroxyl groups excluding tert-OH is 3. The lowest BCUT2D eigenvalue weighted by molar-refractivity contribution is -0.114. The average Bonchev–Trinajstić information content (AvgIpc) is 3.36. The first-order chi connectivity index (χ1) is 13.7. The zero-order valence-electron chi connectivity index (χ0n) is 15.4. The molecule has 0 unspecified atom stereocenters. The largest absolute Gasteiger partial charge is 0.395 e. The topological polar surface area (TPSA) is 179 Å². The number of sulfonamides is 1. The van der Waals surface area contributed by atoms with Crippen molar-refractivity contribution in [2.45, 2.75) is 48.5 Å². The van der Waals surface area contributed by atoms with Gasteiger partial charge in [-0.05, 0) is 12.1 Å². The molecule has 29 heavy (non-hydrogen) atoms. The van der Waals surface area contributed by atoms with Gasteiger partial charge in [-0.3, -0.25) is 9.48 Å². The molecule has 1 fully saturated rings. The average molecular weight is 447 g/mol. The molecule has 6 N–H and O–H groups in total. The fraction of sp³-hybridized carbons (Fsp3) is 0.533. The number of aliphatic hydroxyl groups is 3. The molecule has 3 rings (SSSR count). The van der Waals surface area contributed by atoms with Gasteiger partial charge < -0.3 is 26.0 Å². The first kappa shape index (κ1) is 21.8. The van der Waals surface area contributed by atoms with Crippen molar-refractivity contribution in [1.29, 1.82) is 0 Å². The van der Waals surface area contributed by atoms with Crippen LogP contribution in [0.3, 0.4) is 0 Å². The minimum absolute atomic E-state index is 0.0518. The molecule has 1 aliphatic heterocycles. The summed E-state index contributed by atoms with van der Waals surface area (Å²) in [5, 5.41) is 42.7. The van der Waals surface area contributed by atoms with Crippen LogP contribution in [-0.2, 0) is 27.9 Å². The Morgan fingerprint density at radius 3 is 2.69 bits per heavy atom. The van der Waals surface area contributed by atoms with Gasteiger partial charge in [-0.2, -0.15) is 0 Å². The summed E-state index contributed by atoms with van der Waals surface area (Å²) in [6, 6.07) is 1.74. The molecule has 0 saturated carbocycles. The number of thiophene rings is 1. The number of rotatable bonds is 8. The molecular formula is C15H22N6O6S2. The van der Waals surface area contributed by atoms with Crippen molar-refractivity contribution in [3.63, 3.8) is 0 Å². The van der Waals surface area contributed by atoms with Gasteiger partial charge >= 0.3 is 0 Å². The molecule has 0 aromatic carbocycles. The van der Waals surface area contributed by atoms with E-state index in [4.69, 9.17) is 0 Å². The molecule has 1 aliphatic rings. The van der Waals surface area contributed by atoms with Crippen molar-refractivity contribution in [2.24, 2.45) is 0 Å². The van der Waals surface area contributed by atoms with E-state index in [1.54, 1.807) is 0 Å². The Hall–Kier alpha value is -1.94. The molecule has 160 valence electrons. The van der Waals surface area contributed by atoms with Crippen LogP contribution in [0.25, 0.3) is 0 Å². The fourth-order valence-corrected chi connectivity index (χ4v) is 5.22. The first-order valence-corrected chi connectivity index (χ1v) is 11.0. The highest BCUT2D eigenvalue weighted by atomic mass is 32.2. The predicted molar refractivity (Wildman–Crippen MR) is 102 cm³/mol. The third kappa shape index (κ3) is 5.16. The highest BCUT2D eigenvalue weighted by Gasteiger charge is 2.40. The standard InChI is InChI=1S/C15H22N6O6S2/c1-8(23)17-12-2-3-13(28-12)29(26,27)16-4-9-5-21(20-19-9)6-10-14(24)15(25)11(7-22)18-10/h2-3,5,10-11,14-16,18,22,24-25H,4,6-7H2,1H3,(H,17,23)/t10-,11-,14-,15-/m1/s1. The maximum Gasteiger partial charge on any atom is 0.250 e. The molecular weight excluding hydrogens is 424 g/mol. The number of aromatic nitrogens is 3. The highest BCUT2D eigenvalue weighted by molar-refractivity contribution is 7.91. The monoisotopic (exact) mass is 446 g/mol. The van der Waals surface area contributed by atoms with Crippen molar-refractivity contribution in [3.05, 3.63) is 24.0 Å². The summed E-state index contributed by atoms with van der Waals surface area (Å²) in [5.74, 6) is -0.292. The van der Waals surface area contributed by atoms with Gasteiger partial charge in [0.05, 0.1) is 54.7 Å². The zero-order valence-corrected chi connectivity index (χ0v) is 17.0. The normalized spacial score (nSPS) is 24.7. The Kier molecular flexibility index (Phi) is 6.62. The second-order valence-electron chi connectivity index (χ2n) is 6.60. The van der Waals surface area contributed by atoms with Crippen LogP contribution >= 0.6 is 11.3 Å². The van der Waals surface area contributed by atoms with Crippen molar-refractivity contribution in [2.75, 3.05) is 11.9 Å². The maximum absolute atomic E-state index is 12.4. The minimum Gasteiger partial charge on any atom is -0.395 e. The van der Waals surface area contributed by atoms with E-state index in [9.17, 15) is 28.5 Å². The van der Waals surface area contributed by atoms with Crippen LogP contribution in [0.1, 0.15) is 12.6 Å². The van der Waals surface area contributed by atoms with Crippen molar-refractivity contribution in [3.8, 4) is 0 Å². The van der Waals surface area contributed by atoms with Crippen LogP contribution in [0.5, 0.6) is 0 Å². The van der Waals surface area contributed by atoms with Crippen molar-refractivity contribution < 1.29 is 28.5 Å². The molecule has 14 heteroatoms. The molecule has 0 aliphatic carbocycles. The number of anilines is 1. The van der Waals surface area contributed by atoms with Gasteiger partial charge in [0.15, 0.2) is 0 Å². The van der Waals surface area contributed by atoms with Gasteiger partial charge in [-0.15, -0.1) is 16.4 Å². The first-order valence-electron chi connectivity index (χ1n) is 8.68. The van der Waals surface area contributed by atoms with E-state index < -0.39 is 34.3 Å². The summed E-state index contributed by atoms with van der Waals surface area (Å²) < 4.78 is 28.6. The van der Waals surface area contributed by atoms with Crippen LogP contribution in [0.15, 0.2) is 22.5 Å². The summed E-state index contributed by atoms with van der Waals surface area (Å²) in [5.41, 5.74) is 0.360. The van der Waals surface area contributed by atoms with Gasteiger partial charge in [0, 0.05) is 13.1 Å². The summed E-state index contributed by atoms with van der Waals surface area (Å²) in [4.78, 5) is 11.0. The SMILES string of the molecule is CC(=O)Nc1ccc(S(=O)(=O)NCc2cn(C[C@H]3N[C@H](CO)[C@@H](O)[C@@H]3O)nn2)s1. The number of hydrogen-bond donors (Lipinski definition) is 6. The van der Waals surface area contributed by atoms with Gasteiger partial charge in [0.2, 0.25) is 15.9 Å². The second-order valence-corrected chi connectivity index (χ2v) is 9.68. The predicted octanol–water partition coefficient (Wildman–Crippen LogP) is -2.17. The molecule has 2 aromatic rings. The Morgan fingerprint density at radius 2 is 2.03 bits per heavy atom. The Bertz CT molecular complexity index is 960. The lowest BCUT2D eigenvalue weighted by Crippen LogP contribution is -2.38. The zero-order chi connectivity index (χ0) is 21.2. The quantitative estimate of drug-likeness (QED) is 0.263. The molecule has 1 amide bonds. The van der Waals surface area contributed by atoms with Gasteiger partial charge in [-0.25, -0.2) is 13.1 Å². The highest BCUT2D eigenvalue weighted by Crippen LogP contribution is 2.26. The molecule has 2 aromatic heterocycles. The van der Waals surface area contributed by atoms with Crippen LogP contribution in [0.2, 0.25) is 0 Å². The van der Waals surface area contributed by atoms with Crippen LogP contribution in [0.4, 0.5) is 5.00 Å². The summed E-state index contributed by atoms with van der Waals surface area (Å²) in [6.07, 6.45) is -0.643. The fourth-order valence-electron chi connectivity index (χ4n) is 2.93. The Balaban J connectivity index is 1.57. The minimum atomic E-state index is -3.79. The van der Waals surface area contributed by atoms with E-state index in [2.05, 4.69) is 25.7 Å². The molecule has 0 radical (unpaired) electrons. The number of hydrogen-bond acceptors (Lipinski definition) is 10. The number of carbonyl (C=O) groups is 1. The number of carbonyl (C=O) groups excluding carboxylic acids is 1. The van der Waals surface area contributed by atoms with E-state index in [1.165, 1.54) is 29.9 Å². The van der Waals surface area contributed by atoms with E-state index >= 15 is 0 Å². The van der Waals surface area contributed by atoms with E-state index in [0.29, 0.717) is 10.7 Å². The number of amides is 1. The lowest BCUT2D eigenvalue weighted by atomic mass is 10.1. The molecule has 1 saturated heterocycles. The molecule has 12 nitrogen and oxygen atoms in total. The smallest absolute Gasteiger partial charge is 0.250 e. The van der Waals surface area contributed by atoms with Crippen molar-refractivity contribution >= 4 is 32.3 Å². The van der Waals surface area contributed by atoms with Gasteiger partial charge in [-0.1, -0.05) is 5.21 Å². The summed E-state index contributed by atoms with van der Waals surface area (Å²) in [6.45, 7) is 1.10. The maximum atomic E-state index is 12.4. The Morgan fingerprint density at radius 1 is 1.31 bits per heavy atom. The van der Waals surface area contributed by atoms with Gasteiger partial charge in [0.25, 0.3) is 0 Å². The number of nitrogens with zero attached hydrogens (tertiary/aromatic N) is 3. The molecule has 3 heterocycles. The van der Waals surface area contributed by atoms with Gasteiger partial charge in [0.1, 0.15) is 4.21 Å². The Labute approximate surface area is 170 Å². The lowest BCUT2D eigenvalue weighted by Gasteiger charge is -2.15. The van der Waals surface area contributed by atoms with Crippen LogP contribution in [0, 0.1) is 0 Å². The summed E-state index contributed by atoms with van der Waals surface area (Å²) in [7, 11) is -3.79. The second kappa shape index (κ2) is 8.83. The van der Waals surface area contributed by atoms with E-state index in [1.807, 2.05) is 0 Å². The van der Waals surface area contributed by atoms with E-state index in [0.717, 1.165) is 11.3 Å². The van der Waals surface area contributed by atoms with Crippen LogP contribution in [-0.4, -0.2) is 75.5 Å².